The Morgan fingerprint density at radius 3 is 2.56 bits per heavy atom. The van der Waals surface area contributed by atoms with Gasteiger partial charge in [0.2, 0.25) is 11.8 Å². The molecule has 1 aromatic heterocycles. The second-order valence-corrected chi connectivity index (χ2v) is 3.85. The van der Waals surface area contributed by atoms with Gasteiger partial charge in [0.1, 0.15) is 0 Å². The van der Waals surface area contributed by atoms with Gasteiger partial charge < -0.3 is 16.4 Å². The van der Waals surface area contributed by atoms with Gasteiger partial charge in [-0.05, 0) is 11.4 Å². The third kappa shape index (κ3) is 4.09. The zero-order valence-corrected chi connectivity index (χ0v) is 9.17. The number of primary amides is 1. The summed E-state index contributed by atoms with van der Waals surface area (Å²) in [5.74, 6) is -1.40. The first-order valence-corrected chi connectivity index (χ1v) is 5.34. The zero-order valence-electron chi connectivity index (χ0n) is 8.36. The molecule has 0 fully saturated rings. The number of hydrogen-bond acceptors (Lipinski definition) is 4. The molecular formula is C9H11N3O3S. The number of carbonyl (C=O) groups is 3. The summed E-state index contributed by atoms with van der Waals surface area (Å²) >= 11 is 1.28. The summed E-state index contributed by atoms with van der Waals surface area (Å²) in [5, 5.41) is 6.44. The Labute approximate surface area is 95.8 Å². The number of nitrogens with two attached hydrogens (primary N) is 1. The van der Waals surface area contributed by atoms with E-state index in [1.165, 1.54) is 11.3 Å². The maximum Gasteiger partial charge on any atom is 0.261 e. The lowest BCUT2D eigenvalue weighted by Crippen LogP contribution is -2.40. The molecule has 0 atom stereocenters. The Morgan fingerprint density at radius 1 is 1.25 bits per heavy atom. The summed E-state index contributed by atoms with van der Waals surface area (Å²) in [4.78, 5) is 33.3. The second-order valence-electron chi connectivity index (χ2n) is 2.90. The van der Waals surface area contributed by atoms with Crippen molar-refractivity contribution in [2.75, 3.05) is 13.1 Å². The first-order valence-electron chi connectivity index (χ1n) is 4.46. The summed E-state index contributed by atoms with van der Waals surface area (Å²) in [5.41, 5.74) is 4.83. The van der Waals surface area contributed by atoms with Crippen molar-refractivity contribution in [3.05, 3.63) is 22.4 Å². The molecule has 0 aromatic carbocycles. The smallest absolute Gasteiger partial charge is 0.261 e. The normalized spacial score (nSPS) is 9.50. The number of hydrogen-bond donors (Lipinski definition) is 3. The van der Waals surface area contributed by atoms with Crippen LogP contribution in [-0.4, -0.2) is 30.8 Å². The highest BCUT2D eigenvalue weighted by Crippen LogP contribution is 2.07. The maximum atomic E-state index is 11.4. The van der Waals surface area contributed by atoms with E-state index in [-0.39, 0.29) is 19.0 Å². The number of nitrogens with one attached hydrogen (secondary N) is 2. The first-order chi connectivity index (χ1) is 7.59. The van der Waals surface area contributed by atoms with Gasteiger partial charge in [-0.2, -0.15) is 0 Å². The van der Waals surface area contributed by atoms with Crippen LogP contribution in [0, 0.1) is 0 Å². The molecule has 0 spiro atoms. The van der Waals surface area contributed by atoms with Gasteiger partial charge in [-0.25, -0.2) is 0 Å². The van der Waals surface area contributed by atoms with Crippen molar-refractivity contribution in [3.63, 3.8) is 0 Å². The van der Waals surface area contributed by atoms with E-state index in [9.17, 15) is 14.4 Å². The predicted molar refractivity (Wildman–Crippen MR) is 58.9 cm³/mol. The summed E-state index contributed by atoms with van der Waals surface area (Å²) in [7, 11) is 0. The van der Waals surface area contributed by atoms with Gasteiger partial charge in [0.25, 0.3) is 5.91 Å². The molecule has 0 aliphatic carbocycles. The summed E-state index contributed by atoms with van der Waals surface area (Å²) in [6.07, 6.45) is 0. The molecule has 0 bridgehead atoms. The number of thiophene rings is 1. The zero-order chi connectivity index (χ0) is 12.0. The molecule has 16 heavy (non-hydrogen) atoms. The number of amides is 3. The average molecular weight is 241 g/mol. The highest BCUT2D eigenvalue weighted by Gasteiger charge is 2.08. The van der Waals surface area contributed by atoms with Crippen molar-refractivity contribution in [1.82, 2.24) is 10.6 Å². The molecule has 4 N–H and O–H groups in total. The second kappa shape index (κ2) is 5.86. The van der Waals surface area contributed by atoms with E-state index in [1.54, 1.807) is 17.5 Å². The van der Waals surface area contributed by atoms with Gasteiger partial charge in [-0.15, -0.1) is 11.3 Å². The Kier molecular flexibility index (Phi) is 4.46. The van der Waals surface area contributed by atoms with E-state index < -0.39 is 11.8 Å². The van der Waals surface area contributed by atoms with Crippen LogP contribution in [0.3, 0.4) is 0 Å². The SMILES string of the molecule is NC(=O)CNC(=O)CNC(=O)c1cccs1. The van der Waals surface area contributed by atoms with Crippen LogP contribution in [0.5, 0.6) is 0 Å². The quantitative estimate of drug-likeness (QED) is 0.621. The van der Waals surface area contributed by atoms with Crippen molar-refractivity contribution >= 4 is 29.1 Å². The molecule has 1 heterocycles. The lowest BCUT2D eigenvalue weighted by atomic mass is 10.4. The molecule has 0 saturated heterocycles. The third-order valence-corrected chi connectivity index (χ3v) is 2.48. The van der Waals surface area contributed by atoms with Crippen LogP contribution in [0.25, 0.3) is 0 Å². The van der Waals surface area contributed by atoms with E-state index >= 15 is 0 Å². The molecule has 0 radical (unpaired) electrons. The monoisotopic (exact) mass is 241 g/mol. The highest BCUT2D eigenvalue weighted by atomic mass is 32.1. The van der Waals surface area contributed by atoms with Crippen LogP contribution in [0.15, 0.2) is 17.5 Å². The third-order valence-electron chi connectivity index (χ3n) is 1.61. The molecule has 0 unspecified atom stereocenters. The predicted octanol–water partition coefficient (Wildman–Crippen LogP) is -0.921. The lowest BCUT2D eigenvalue weighted by molar-refractivity contribution is -0.124. The molecular weight excluding hydrogens is 230 g/mol. The van der Waals surface area contributed by atoms with Crippen LogP contribution < -0.4 is 16.4 Å². The number of carbonyl (C=O) groups excluding carboxylic acids is 3. The molecule has 0 aliphatic rings. The number of rotatable bonds is 5. The first kappa shape index (κ1) is 12.2. The van der Waals surface area contributed by atoms with Gasteiger partial charge >= 0.3 is 0 Å². The van der Waals surface area contributed by atoms with Crippen LogP contribution in [-0.2, 0) is 9.59 Å². The fraction of sp³-hybridized carbons (Fsp3) is 0.222. The van der Waals surface area contributed by atoms with Crippen LogP contribution in [0.4, 0.5) is 0 Å². The van der Waals surface area contributed by atoms with E-state index in [1.807, 2.05) is 0 Å². The van der Waals surface area contributed by atoms with Crippen molar-refractivity contribution < 1.29 is 14.4 Å². The Balaban J connectivity index is 2.27. The van der Waals surface area contributed by atoms with Crippen molar-refractivity contribution in [2.45, 2.75) is 0 Å². The minimum absolute atomic E-state index is 0.177. The van der Waals surface area contributed by atoms with Gasteiger partial charge in [0, 0.05) is 0 Å². The molecule has 6 nitrogen and oxygen atoms in total. The van der Waals surface area contributed by atoms with Gasteiger partial charge in [-0.3, -0.25) is 14.4 Å². The highest BCUT2D eigenvalue weighted by molar-refractivity contribution is 7.12. The van der Waals surface area contributed by atoms with Gasteiger partial charge in [0.15, 0.2) is 0 Å². The van der Waals surface area contributed by atoms with Crippen LogP contribution in [0.1, 0.15) is 9.67 Å². The minimum Gasteiger partial charge on any atom is -0.368 e. The van der Waals surface area contributed by atoms with E-state index in [2.05, 4.69) is 10.6 Å². The summed E-state index contributed by atoms with van der Waals surface area (Å²) < 4.78 is 0. The Hall–Kier alpha value is -1.89. The lowest BCUT2D eigenvalue weighted by Gasteiger charge is -2.03. The summed E-state index contributed by atoms with van der Waals surface area (Å²) in [6.45, 7) is -0.405. The molecule has 0 aliphatic heterocycles. The molecule has 1 rings (SSSR count). The Morgan fingerprint density at radius 2 is 2.00 bits per heavy atom. The van der Waals surface area contributed by atoms with Crippen molar-refractivity contribution in [1.29, 1.82) is 0 Å². The molecule has 7 heteroatoms. The molecule has 3 amide bonds. The van der Waals surface area contributed by atoms with Gasteiger partial charge in [-0.1, -0.05) is 6.07 Å². The molecule has 0 saturated carbocycles. The average Bonchev–Trinajstić information content (AvgIpc) is 2.76. The fourth-order valence-corrected chi connectivity index (χ4v) is 1.54. The molecule has 86 valence electrons. The minimum atomic E-state index is -0.627. The maximum absolute atomic E-state index is 11.4. The van der Waals surface area contributed by atoms with Crippen molar-refractivity contribution in [2.24, 2.45) is 5.73 Å². The van der Waals surface area contributed by atoms with E-state index in [4.69, 9.17) is 5.73 Å². The topological polar surface area (TPSA) is 101 Å². The fourth-order valence-electron chi connectivity index (χ4n) is 0.904. The largest absolute Gasteiger partial charge is 0.368 e. The van der Waals surface area contributed by atoms with Crippen LogP contribution in [0.2, 0.25) is 0 Å². The van der Waals surface area contributed by atoms with Gasteiger partial charge in [0.05, 0.1) is 18.0 Å². The molecule has 1 aromatic rings. The summed E-state index contributed by atoms with van der Waals surface area (Å²) in [6, 6.07) is 3.40. The van der Waals surface area contributed by atoms with E-state index in [0.29, 0.717) is 4.88 Å². The van der Waals surface area contributed by atoms with Crippen LogP contribution >= 0.6 is 11.3 Å². The van der Waals surface area contributed by atoms with E-state index in [0.717, 1.165) is 0 Å². The van der Waals surface area contributed by atoms with Crippen molar-refractivity contribution in [3.8, 4) is 0 Å². The Bertz CT molecular complexity index is 389. The standard InChI is InChI=1S/C9H11N3O3S/c10-7(13)4-11-8(14)5-12-9(15)6-2-1-3-16-6/h1-3H,4-5H2,(H2,10,13)(H,11,14)(H,12,15).